The van der Waals surface area contributed by atoms with Crippen molar-refractivity contribution in [3.63, 3.8) is 0 Å². The van der Waals surface area contributed by atoms with Gasteiger partial charge in [0.1, 0.15) is 5.58 Å². The molecule has 267 valence electrons. The Morgan fingerprint density at radius 3 is 2.08 bits per heavy atom. The molecule has 5 aromatic carbocycles. The molecule has 0 aliphatic carbocycles. The van der Waals surface area contributed by atoms with Gasteiger partial charge in [0.2, 0.25) is 0 Å². The van der Waals surface area contributed by atoms with Crippen molar-refractivity contribution in [3.8, 4) is 33.6 Å². The van der Waals surface area contributed by atoms with Crippen LogP contribution in [0.2, 0.25) is 19.6 Å². The molecule has 0 N–H and O–H groups in total. The van der Waals surface area contributed by atoms with E-state index in [9.17, 15) is 0 Å². The molecule has 3 aromatic heterocycles. The van der Waals surface area contributed by atoms with Crippen molar-refractivity contribution in [1.82, 2.24) is 9.97 Å². The number of nitrogens with zero attached hydrogens (tertiary/aromatic N) is 2. The minimum Gasteiger partial charge on any atom is -0.500 e. The number of para-hydroxylation sites is 1. The van der Waals surface area contributed by atoms with Gasteiger partial charge in [-0.05, 0) is 51.7 Å². The van der Waals surface area contributed by atoms with Crippen molar-refractivity contribution < 1.29 is 32.7 Å². The van der Waals surface area contributed by atoms with Crippen LogP contribution in [-0.2, 0) is 25.5 Å². The molecule has 0 unspecified atom stereocenters. The molecule has 53 heavy (non-hydrogen) atoms. The first-order chi connectivity index (χ1) is 27.4. The van der Waals surface area contributed by atoms with Crippen LogP contribution in [0.25, 0.3) is 55.6 Å². The van der Waals surface area contributed by atoms with E-state index in [0.29, 0.717) is 22.4 Å². The van der Waals surface area contributed by atoms with Crippen LogP contribution in [0.3, 0.4) is 0 Å². The topological polar surface area (TPSA) is 38.9 Å². The number of aromatic nitrogens is 2. The number of aryl methyl sites for hydroxylation is 2. The van der Waals surface area contributed by atoms with Crippen LogP contribution in [-0.4, -0.2) is 18.0 Å². The fourth-order valence-corrected chi connectivity index (χ4v) is 7.97. The van der Waals surface area contributed by atoms with Crippen LogP contribution in [0.1, 0.15) is 44.3 Å². The summed E-state index contributed by atoms with van der Waals surface area (Å²) in [5, 5.41) is 3.21. The van der Waals surface area contributed by atoms with Crippen molar-refractivity contribution in [1.29, 1.82) is 0 Å². The Kier molecular flexibility index (Phi) is 8.97. The van der Waals surface area contributed by atoms with Gasteiger partial charge < -0.3 is 14.4 Å². The summed E-state index contributed by atoms with van der Waals surface area (Å²) in [4.78, 5) is 9.31. The minimum atomic E-state index is -2.31. The normalized spacial score (nSPS) is 13.7. The number of rotatable bonds is 6. The smallest absolute Gasteiger partial charge is 0.120 e. The van der Waals surface area contributed by atoms with E-state index in [1.807, 2.05) is 72.9 Å². The zero-order chi connectivity index (χ0) is 41.5. The van der Waals surface area contributed by atoms with Gasteiger partial charge in [-0.1, -0.05) is 142 Å². The van der Waals surface area contributed by atoms with Gasteiger partial charge in [0.05, 0.1) is 13.7 Å². The molecule has 0 aliphatic rings. The van der Waals surface area contributed by atoms with Crippen LogP contribution in [0.4, 0.5) is 0 Å². The van der Waals surface area contributed by atoms with Gasteiger partial charge in [-0.25, -0.2) is 0 Å². The van der Waals surface area contributed by atoms with Gasteiger partial charge in [-0.3, -0.25) is 0 Å². The van der Waals surface area contributed by atoms with Crippen LogP contribution in [0.15, 0.2) is 144 Å². The molecular formula is C48H44IrN2OSi-2. The standard InChI is InChI=1S/C27H22NO.C21H22NSi.Ir/c1-18-15-21(27(2,3)20-9-5-4-6-10-20)17-28-26(18)19-13-14-25-23(16-19)22-11-7-8-12-24(22)29-25;1-16-10-12-18(13-11-16)20-14-19(17-8-6-5-7-9-17)21(15-22-20)23(2,3)4;/h4-12,14-17H,1-3H3;5-12,14-15H,1-4H3;/q2*-1;/i2*1D3;. The quantitative estimate of drug-likeness (QED) is 0.123. The average Bonchev–Trinajstić information content (AvgIpc) is 3.58. The number of pyridine rings is 2. The SMILES string of the molecule is [2H]C([2H])([2H])c1c[c-]c(-c2cc(-c3ccccc3)c([Si](C)(C)C)cn2)cc1.[2H]C([2H])([2H])c1cc(C(C)(C)c2ccccc2)cnc1-c1[c-]cc2oc3ccccc3c2c1.[Ir]. The number of furan rings is 1. The van der Waals surface area contributed by atoms with Crippen molar-refractivity contribution in [2.24, 2.45) is 0 Å². The maximum absolute atomic E-state index is 8.19. The van der Waals surface area contributed by atoms with E-state index in [1.165, 1.54) is 16.3 Å². The summed E-state index contributed by atoms with van der Waals surface area (Å²) in [6.07, 6.45) is 3.76. The molecule has 0 aliphatic heterocycles. The number of hydrogen-bond acceptors (Lipinski definition) is 3. The molecule has 0 saturated carbocycles. The second-order valence-electron chi connectivity index (χ2n) is 14.6. The van der Waals surface area contributed by atoms with E-state index in [1.54, 1.807) is 36.5 Å². The monoisotopic (exact) mass is 891 g/mol. The van der Waals surface area contributed by atoms with E-state index in [-0.39, 0.29) is 31.1 Å². The molecular weight excluding hydrogens is 841 g/mol. The summed E-state index contributed by atoms with van der Waals surface area (Å²) in [6, 6.07) is 47.0. The maximum Gasteiger partial charge on any atom is 0.120 e. The molecule has 3 nitrogen and oxygen atoms in total. The van der Waals surface area contributed by atoms with Gasteiger partial charge in [-0.15, -0.1) is 59.2 Å². The first-order valence-electron chi connectivity index (χ1n) is 20.4. The van der Waals surface area contributed by atoms with Crippen LogP contribution < -0.4 is 5.19 Å². The number of benzene rings is 5. The van der Waals surface area contributed by atoms with E-state index >= 15 is 0 Å². The zero-order valence-corrected chi connectivity index (χ0v) is 33.8. The van der Waals surface area contributed by atoms with Gasteiger partial charge in [0.25, 0.3) is 0 Å². The van der Waals surface area contributed by atoms with E-state index in [0.717, 1.165) is 38.7 Å². The Bertz CT molecular complexity index is 2710. The summed E-state index contributed by atoms with van der Waals surface area (Å²) in [5.74, 6) is 0. The molecule has 0 saturated heterocycles. The molecule has 0 amide bonds. The van der Waals surface area contributed by atoms with Crippen LogP contribution in [0.5, 0.6) is 0 Å². The Morgan fingerprint density at radius 2 is 1.38 bits per heavy atom. The molecule has 1 radical (unpaired) electrons. The van der Waals surface area contributed by atoms with Crippen molar-refractivity contribution in [3.05, 3.63) is 174 Å². The van der Waals surface area contributed by atoms with Crippen molar-refractivity contribution in [2.75, 3.05) is 0 Å². The van der Waals surface area contributed by atoms with E-state index < -0.39 is 21.8 Å². The summed E-state index contributed by atoms with van der Waals surface area (Å²) in [6.45, 7) is 6.68. The van der Waals surface area contributed by atoms with Crippen LogP contribution in [0, 0.1) is 25.8 Å². The Balaban J connectivity index is 0.000000199. The summed E-state index contributed by atoms with van der Waals surface area (Å²) >= 11 is 0. The van der Waals surface area contributed by atoms with Gasteiger partial charge in [0.15, 0.2) is 0 Å². The van der Waals surface area contributed by atoms with Crippen molar-refractivity contribution in [2.45, 2.75) is 52.6 Å². The van der Waals surface area contributed by atoms with E-state index in [4.69, 9.17) is 12.6 Å². The van der Waals surface area contributed by atoms with E-state index in [2.05, 4.69) is 85.9 Å². The fraction of sp³-hybridized carbons (Fsp3) is 0.167. The summed E-state index contributed by atoms with van der Waals surface area (Å²) < 4.78 is 53.0. The van der Waals surface area contributed by atoms with Crippen molar-refractivity contribution >= 4 is 35.2 Å². The predicted molar refractivity (Wildman–Crippen MR) is 221 cm³/mol. The predicted octanol–water partition coefficient (Wildman–Crippen LogP) is 12.1. The molecule has 8 rings (SSSR count). The molecule has 5 heteroatoms. The van der Waals surface area contributed by atoms with Crippen LogP contribution >= 0.6 is 0 Å². The fourth-order valence-electron chi connectivity index (χ4n) is 6.49. The third-order valence-electron chi connectivity index (χ3n) is 9.56. The number of fused-ring (bicyclic) bond motifs is 3. The number of hydrogen-bond donors (Lipinski definition) is 0. The first kappa shape index (κ1) is 30.5. The molecule has 8 aromatic rings. The molecule has 0 fully saturated rings. The Morgan fingerprint density at radius 1 is 0.660 bits per heavy atom. The average molecular weight is 891 g/mol. The molecule has 0 bridgehead atoms. The first-order valence-corrected chi connectivity index (χ1v) is 20.9. The Hall–Kier alpha value is -4.93. The zero-order valence-electron chi connectivity index (χ0n) is 36.4. The summed E-state index contributed by atoms with van der Waals surface area (Å²) in [5.41, 5.74) is 8.63. The third kappa shape index (κ3) is 8.04. The maximum atomic E-state index is 8.19. The van der Waals surface area contributed by atoms with Gasteiger partial charge in [-0.2, -0.15) is 0 Å². The molecule has 0 spiro atoms. The van der Waals surface area contributed by atoms with Gasteiger partial charge in [0, 0.05) is 51.5 Å². The minimum absolute atomic E-state index is 0. The van der Waals surface area contributed by atoms with Gasteiger partial charge >= 0.3 is 0 Å². The second-order valence-corrected chi connectivity index (χ2v) is 19.6. The third-order valence-corrected chi connectivity index (χ3v) is 11.6. The molecule has 0 atom stereocenters. The largest absolute Gasteiger partial charge is 0.500 e. The summed E-state index contributed by atoms with van der Waals surface area (Å²) in [7, 11) is -1.57. The Labute approximate surface area is 337 Å². The second kappa shape index (κ2) is 15.6. The molecule has 3 heterocycles.